The van der Waals surface area contributed by atoms with Crippen LogP contribution < -0.4 is 0 Å². The Morgan fingerprint density at radius 2 is 0.924 bits per heavy atom. The summed E-state index contributed by atoms with van der Waals surface area (Å²) in [5.41, 5.74) is 6.20. The van der Waals surface area contributed by atoms with Crippen molar-refractivity contribution < 1.29 is 85.3 Å². The molecule has 0 amide bonds. The van der Waals surface area contributed by atoms with Crippen molar-refractivity contribution in [2.45, 2.75) is 164 Å². The molecule has 0 saturated carbocycles. The number of hydrogen-bond acceptors (Lipinski definition) is 18. The van der Waals surface area contributed by atoms with Gasteiger partial charge in [0.25, 0.3) is 5.79 Å². The summed E-state index contributed by atoms with van der Waals surface area (Å²) in [6, 6.07) is 68.5. The van der Waals surface area contributed by atoms with Gasteiger partial charge in [-0.05, 0) is 47.2 Å². The molecule has 0 aromatic heterocycles. The number of hydrogen-bond donors (Lipinski definition) is 0. The van der Waals surface area contributed by atoms with E-state index >= 15 is 4.79 Å². The Balaban J connectivity index is 0.952. The third-order valence-corrected chi connectivity index (χ3v) is 17.0. The predicted molar refractivity (Wildman–Crippen MR) is 334 cm³/mol. The molecule has 5 aliphatic rings. The van der Waals surface area contributed by atoms with Crippen molar-refractivity contribution >= 4 is 5.97 Å². The molecule has 1 unspecified atom stereocenters. The molecule has 18 heteroatoms. The van der Waals surface area contributed by atoms with Crippen molar-refractivity contribution in [2.75, 3.05) is 34.0 Å². The first-order chi connectivity index (χ1) is 45.1. The van der Waals surface area contributed by atoms with E-state index in [0.717, 1.165) is 38.9 Å². The molecule has 0 spiro atoms. The van der Waals surface area contributed by atoms with Gasteiger partial charge in [-0.25, -0.2) is 4.79 Å². The molecule has 0 N–H and O–H groups in total. The van der Waals surface area contributed by atoms with Gasteiger partial charge in [0.15, 0.2) is 24.7 Å². The molecule has 18 nitrogen and oxygen atoms in total. The summed E-state index contributed by atoms with van der Waals surface area (Å²) in [5, 5.41) is 0. The minimum Gasteiger partial charge on any atom is -0.465 e. The van der Waals surface area contributed by atoms with Crippen LogP contribution in [0.4, 0.5) is 0 Å². The number of ether oxygens (including phenoxy) is 17. The number of benzene rings is 7. The highest BCUT2D eigenvalue weighted by atomic mass is 16.8. The zero-order valence-electron chi connectivity index (χ0n) is 52.3. The molecular formula is C74H82O18. The zero-order chi connectivity index (χ0) is 63.1. The van der Waals surface area contributed by atoms with Gasteiger partial charge < -0.3 is 80.5 Å². The summed E-state index contributed by atoms with van der Waals surface area (Å²) in [5.74, 6) is -4.33. The van der Waals surface area contributed by atoms with Crippen LogP contribution in [0.25, 0.3) is 0 Å². The number of esters is 1. The predicted octanol–water partition coefficient (Wildman–Crippen LogP) is 10.9. The van der Waals surface area contributed by atoms with Crippen LogP contribution in [0.5, 0.6) is 0 Å². The maximum absolute atomic E-state index is 15.6. The standard InChI is InChI=1S/C74H82O18/c1-73(2)85-49-60(90-73)64-62(89-71-67(82-45-54-34-20-9-21-35-54)65(81-44-53-32-18-8-19-33-53)63-59(87-71)48-84-69(88-63)56-38-24-11-25-39-56)57(79-42-51-28-14-6-15-29-51)40-74(91-64,72(75)77-4)92-66-61(80-43-52-30-16-7-17-31-52)58(47-78-41-50-26-12-5-13-27-50)86-70(76-3)68(66)83-46-55-36-22-10-23-37-55/h5-39,57-71H,40-49H2,1-4H3/t57-,58-,59-,60-,61+,62-,63+,64-,65+,66+,67-,68-,69?,70-,71-,74-/m1/s1. The van der Waals surface area contributed by atoms with Crippen LogP contribution in [0.3, 0.4) is 0 Å². The number of carbonyl (C=O) groups excluding carboxylic acids is 1. The third-order valence-electron chi connectivity index (χ3n) is 17.0. The van der Waals surface area contributed by atoms with E-state index in [2.05, 4.69) is 0 Å². The topological polar surface area (TPSA) is 174 Å². The molecule has 5 heterocycles. The van der Waals surface area contributed by atoms with Gasteiger partial charge >= 0.3 is 5.97 Å². The van der Waals surface area contributed by atoms with Crippen molar-refractivity contribution in [3.05, 3.63) is 251 Å². The average molecular weight is 1260 g/mol. The van der Waals surface area contributed by atoms with E-state index < -0.39 is 110 Å². The summed E-state index contributed by atoms with van der Waals surface area (Å²) < 4.78 is 117. The maximum atomic E-state index is 15.6. The molecule has 5 fully saturated rings. The lowest BCUT2D eigenvalue weighted by Crippen LogP contribution is -2.70. The molecule has 5 aliphatic heterocycles. The van der Waals surface area contributed by atoms with Gasteiger partial charge in [0, 0.05) is 19.1 Å². The lowest BCUT2D eigenvalue weighted by molar-refractivity contribution is -0.409. The van der Waals surface area contributed by atoms with Crippen LogP contribution >= 0.6 is 0 Å². The van der Waals surface area contributed by atoms with Crippen LogP contribution in [0.1, 0.15) is 65.5 Å². The summed E-state index contributed by atoms with van der Waals surface area (Å²) in [4.78, 5) is 15.6. The fourth-order valence-corrected chi connectivity index (χ4v) is 12.4. The fourth-order valence-electron chi connectivity index (χ4n) is 12.4. The van der Waals surface area contributed by atoms with E-state index in [9.17, 15) is 0 Å². The van der Waals surface area contributed by atoms with E-state index in [1.165, 1.54) is 14.2 Å². The molecule has 12 rings (SSSR count). The van der Waals surface area contributed by atoms with Gasteiger partial charge in [-0.1, -0.05) is 212 Å². The first kappa shape index (κ1) is 65.4. The Labute approximate surface area is 538 Å². The smallest absolute Gasteiger partial charge is 0.366 e. The molecule has 5 saturated heterocycles. The van der Waals surface area contributed by atoms with Crippen molar-refractivity contribution in [1.82, 2.24) is 0 Å². The van der Waals surface area contributed by atoms with Crippen LogP contribution in [0, 0.1) is 0 Å². The lowest BCUT2D eigenvalue weighted by atomic mass is 9.90. The molecule has 16 atom stereocenters. The van der Waals surface area contributed by atoms with Crippen molar-refractivity contribution in [3.8, 4) is 0 Å². The molecule has 0 aliphatic carbocycles. The first-order valence-electron chi connectivity index (χ1n) is 31.6. The third kappa shape index (κ3) is 16.5. The molecular weight excluding hydrogens is 1180 g/mol. The van der Waals surface area contributed by atoms with E-state index in [1.807, 2.05) is 226 Å². The van der Waals surface area contributed by atoms with Crippen molar-refractivity contribution in [3.63, 3.8) is 0 Å². The summed E-state index contributed by atoms with van der Waals surface area (Å²) in [6.07, 6.45) is -15.3. The fraction of sp³-hybridized carbons (Fsp3) is 0.419. The lowest BCUT2D eigenvalue weighted by Gasteiger charge is -2.53. The highest BCUT2D eigenvalue weighted by Crippen LogP contribution is 2.46. The highest BCUT2D eigenvalue weighted by Gasteiger charge is 2.63. The van der Waals surface area contributed by atoms with E-state index in [0.29, 0.717) is 0 Å². The van der Waals surface area contributed by atoms with E-state index in [1.54, 1.807) is 0 Å². The number of fused-ring (bicyclic) bond motifs is 1. The highest BCUT2D eigenvalue weighted by molar-refractivity contribution is 5.78. The van der Waals surface area contributed by atoms with Gasteiger partial charge in [-0.2, -0.15) is 0 Å². The molecule has 7 aromatic rings. The van der Waals surface area contributed by atoms with Crippen LogP contribution in [0.2, 0.25) is 0 Å². The normalized spacial score (nSPS) is 30.3. The molecule has 7 aromatic carbocycles. The minimum absolute atomic E-state index is 0.00514. The molecule has 0 bridgehead atoms. The maximum Gasteiger partial charge on any atom is 0.366 e. The van der Waals surface area contributed by atoms with Crippen molar-refractivity contribution in [1.29, 1.82) is 0 Å². The summed E-state index contributed by atoms with van der Waals surface area (Å²) in [7, 11) is 2.82. The monoisotopic (exact) mass is 1260 g/mol. The number of methoxy groups -OCH3 is 2. The second-order valence-corrected chi connectivity index (χ2v) is 24.0. The Morgan fingerprint density at radius 1 is 0.457 bits per heavy atom. The minimum atomic E-state index is -2.34. The van der Waals surface area contributed by atoms with E-state index in [4.69, 9.17) is 80.5 Å². The molecule has 0 radical (unpaired) electrons. The number of carbonyl (C=O) groups is 1. The van der Waals surface area contributed by atoms with E-state index in [-0.39, 0.29) is 65.9 Å². The average Bonchev–Trinajstić information content (AvgIpc) is 1.00. The largest absolute Gasteiger partial charge is 0.465 e. The Morgan fingerprint density at radius 3 is 1.41 bits per heavy atom. The van der Waals surface area contributed by atoms with Crippen molar-refractivity contribution in [2.24, 2.45) is 0 Å². The Bertz CT molecular complexity index is 3300. The second-order valence-electron chi connectivity index (χ2n) is 24.0. The van der Waals surface area contributed by atoms with Gasteiger partial charge in [0.2, 0.25) is 0 Å². The SMILES string of the molecule is COC(=O)[C@]1(O[C@H]2[C@@H](OCc3ccccc3)[C@@H](COCc3ccccc3)O[C@@H](OC)[C@@H]2OCc2ccccc2)C[C@@H](OCc2ccccc2)[C@@H](O[C@H]2O[C@@H]3COC(c4ccccc4)O[C@@H]3[C@H](OCc3ccccc3)[C@H]2OCc2ccccc2)[C@@H]([C@H]2COC(C)(C)O2)O1. The van der Waals surface area contributed by atoms with Gasteiger partial charge in [-0.15, -0.1) is 0 Å². The Kier molecular flexibility index (Phi) is 22.4. The molecule has 486 valence electrons. The van der Waals surface area contributed by atoms with Crippen LogP contribution in [-0.4, -0.2) is 137 Å². The Hall–Kier alpha value is -6.63. The quantitative estimate of drug-likeness (QED) is 0.0444. The molecule has 92 heavy (non-hydrogen) atoms. The van der Waals surface area contributed by atoms with Crippen LogP contribution in [0.15, 0.2) is 212 Å². The summed E-state index contributed by atoms with van der Waals surface area (Å²) >= 11 is 0. The first-order valence-corrected chi connectivity index (χ1v) is 31.6. The summed E-state index contributed by atoms with van der Waals surface area (Å²) in [6.45, 7) is 4.65. The van der Waals surface area contributed by atoms with Gasteiger partial charge in [0.05, 0.1) is 72.7 Å². The van der Waals surface area contributed by atoms with Crippen LogP contribution in [-0.2, 0) is 125 Å². The van der Waals surface area contributed by atoms with Gasteiger partial charge in [0.1, 0.15) is 67.1 Å². The zero-order valence-corrected chi connectivity index (χ0v) is 52.3. The number of rotatable bonds is 27. The van der Waals surface area contributed by atoms with Gasteiger partial charge in [-0.3, -0.25) is 0 Å². The second kappa shape index (κ2) is 31.5.